The van der Waals surface area contributed by atoms with Crippen LogP contribution < -0.4 is 0 Å². The molecule has 38 heavy (non-hydrogen) atoms. The molecule has 0 aliphatic heterocycles. The lowest BCUT2D eigenvalue weighted by Gasteiger charge is -2.17. The summed E-state index contributed by atoms with van der Waals surface area (Å²) in [6.45, 7) is 0.105. The van der Waals surface area contributed by atoms with E-state index in [0.717, 1.165) is 16.2 Å². The number of hydrogen-bond donors (Lipinski definition) is 1. The second kappa shape index (κ2) is 15.5. The van der Waals surface area contributed by atoms with Crippen molar-refractivity contribution in [1.82, 2.24) is 4.98 Å². The molecule has 0 fully saturated rings. The first-order valence-corrected chi connectivity index (χ1v) is 15.3. The lowest BCUT2D eigenvalue weighted by atomic mass is 10.1. The molecule has 0 amide bonds. The second-order valence-electron chi connectivity index (χ2n) is 7.82. The first-order chi connectivity index (χ1) is 18.3. The quantitative estimate of drug-likeness (QED) is 0.0713. The molecule has 0 radical (unpaired) electrons. The summed E-state index contributed by atoms with van der Waals surface area (Å²) in [6.07, 6.45) is 1.87. The van der Waals surface area contributed by atoms with Gasteiger partial charge < -0.3 is 9.47 Å². The van der Waals surface area contributed by atoms with Gasteiger partial charge in [0.15, 0.2) is 0 Å². The predicted octanol–water partition coefficient (Wildman–Crippen LogP) is 6.59. The highest BCUT2D eigenvalue weighted by atomic mass is 33.1. The Morgan fingerprint density at radius 1 is 0.842 bits per heavy atom. The van der Waals surface area contributed by atoms with E-state index in [1.807, 2.05) is 18.2 Å². The average Bonchev–Trinajstić information content (AvgIpc) is 2.93. The van der Waals surface area contributed by atoms with E-state index < -0.39 is 16.0 Å². The average molecular weight is 594 g/mol. The predicted molar refractivity (Wildman–Crippen MR) is 153 cm³/mol. The summed E-state index contributed by atoms with van der Waals surface area (Å²) >= 11 is 4.25. The molecule has 2 atom stereocenters. The Morgan fingerprint density at radius 3 is 1.84 bits per heavy atom. The zero-order chi connectivity index (χ0) is 27.3. The van der Waals surface area contributed by atoms with Crippen LogP contribution in [-0.4, -0.2) is 44.7 Å². The summed E-state index contributed by atoms with van der Waals surface area (Å²) < 4.78 is 10.7. The van der Waals surface area contributed by atoms with E-state index >= 15 is 0 Å². The normalized spacial score (nSPS) is 12.3. The number of nitro benzene ring substituents is 2. The lowest BCUT2D eigenvalue weighted by molar-refractivity contribution is -0.385. The topological polar surface area (TPSA) is 135 Å². The molecule has 200 valence electrons. The van der Waals surface area contributed by atoms with Crippen molar-refractivity contribution in [3.05, 3.63) is 104 Å². The number of thiol groups is 1. The van der Waals surface area contributed by atoms with Gasteiger partial charge in [0.05, 0.1) is 20.3 Å². The number of carbonyl (C=O) groups is 1. The van der Waals surface area contributed by atoms with Crippen LogP contribution in [0, 0.1) is 20.2 Å². The van der Waals surface area contributed by atoms with Gasteiger partial charge in [0.1, 0.15) is 18.2 Å². The van der Waals surface area contributed by atoms with Crippen LogP contribution in [-0.2, 0) is 22.3 Å². The minimum absolute atomic E-state index is 0.00554. The number of hydrogen-bond acceptors (Lipinski definition) is 12. The third kappa shape index (κ3) is 10.1. The zero-order valence-corrected chi connectivity index (χ0v) is 23.1. The van der Waals surface area contributed by atoms with E-state index in [4.69, 9.17) is 9.47 Å². The fourth-order valence-corrected chi connectivity index (χ4v) is 6.19. The SMILES string of the molecule is O=C(OCC(Cc1ccc([N+](=O)[O-])cc1)SS)OCC(Cc1ccc([N+](=O)[O-])cc1)SSc1ccccn1. The summed E-state index contributed by atoms with van der Waals surface area (Å²) in [5, 5.41) is 22.2. The summed E-state index contributed by atoms with van der Waals surface area (Å²) in [5.74, 6) is 0. The van der Waals surface area contributed by atoms with Crippen molar-refractivity contribution < 1.29 is 24.1 Å². The first kappa shape index (κ1) is 29.6. The molecule has 3 aromatic rings. The largest absolute Gasteiger partial charge is 0.508 e. The molecule has 0 bridgehead atoms. The molecule has 0 saturated carbocycles. The third-order valence-electron chi connectivity index (χ3n) is 5.05. The molecule has 1 aromatic heterocycles. The molecular formula is C24H23N3O7S4. The van der Waals surface area contributed by atoms with Crippen LogP contribution in [0.15, 0.2) is 78.0 Å². The molecule has 0 spiro atoms. The summed E-state index contributed by atoms with van der Waals surface area (Å²) in [6, 6.07) is 18.0. The van der Waals surface area contributed by atoms with Crippen molar-refractivity contribution in [3.63, 3.8) is 0 Å². The molecule has 0 aliphatic carbocycles. The van der Waals surface area contributed by atoms with E-state index in [1.54, 1.807) is 30.5 Å². The maximum atomic E-state index is 12.3. The number of non-ortho nitro benzene ring substituents is 2. The smallest absolute Gasteiger partial charge is 0.433 e. The van der Waals surface area contributed by atoms with Gasteiger partial charge >= 0.3 is 6.16 Å². The van der Waals surface area contributed by atoms with Crippen LogP contribution in [0.4, 0.5) is 16.2 Å². The van der Waals surface area contributed by atoms with Crippen LogP contribution in [0.1, 0.15) is 11.1 Å². The minimum Gasteiger partial charge on any atom is -0.433 e. The number of benzene rings is 2. The monoisotopic (exact) mass is 593 g/mol. The number of rotatable bonds is 14. The van der Waals surface area contributed by atoms with Crippen molar-refractivity contribution in [3.8, 4) is 0 Å². The fourth-order valence-electron chi connectivity index (χ4n) is 3.16. The molecule has 2 unspecified atom stereocenters. The molecule has 3 rings (SSSR count). The maximum Gasteiger partial charge on any atom is 0.508 e. The molecule has 0 saturated heterocycles. The summed E-state index contributed by atoms with van der Waals surface area (Å²) in [7, 11) is 4.14. The lowest BCUT2D eigenvalue weighted by Crippen LogP contribution is -2.22. The Hall–Kier alpha value is -2.94. The molecule has 10 nitrogen and oxygen atoms in total. The zero-order valence-electron chi connectivity index (χ0n) is 19.8. The Bertz CT molecular complexity index is 1200. The van der Waals surface area contributed by atoms with Gasteiger partial charge in [0, 0.05) is 30.5 Å². The molecule has 1 heterocycles. The van der Waals surface area contributed by atoms with Crippen LogP contribution in [0.5, 0.6) is 0 Å². The van der Waals surface area contributed by atoms with Crippen LogP contribution in [0.3, 0.4) is 0 Å². The Kier molecular flexibility index (Phi) is 12.1. The van der Waals surface area contributed by atoms with Gasteiger partial charge in [-0.05, 0) is 46.9 Å². The van der Waals surface area contributed by atoms with E-state index in [-0.39, 0.29) is 35.1 Å². The van der Waals surface area contributed by atoms with Crippen molar-refractivity contribution in [2.45, 2.75) is 28.4 Å². The number of nitrogens with zero attached hydrogens (tertiary/aromatic N) is 3. The summed E-state index contributed by atoms with van der Waals surface area (Å²) in [5.41, 5.74) is 1.73. The Morgan fingerprint density at radius 2 is 1.37 bits per heavy atom. The van der Waals surface area contributed by atoms with Gasteiger partial charge in [0.25, 0.3) is 11.4 Å². The van der Waals surface area contributed by atoms with Gasteiger partial charge in [-0.2, -0.15) is 0 Å². The van der Waals surface area contributed by atoms with Crippen molar-refractivity contribution in [2.24, 2.45) is 0 Å². The van der Waals surface area contributed by atoms with Crippen molar-refractivity contribution >= 4 is 61.6 Å². The minimum atomic E-state index is -0.821. The number of pyridine rings is 1. The van der Waals surface area contributed by atoms with Crippen LogP contribution in [0.25, 0.3) is 0 Å². The van der Waals surface area contributed by atoms with E-state index in [0.29, 0.717) is 12.8 Å². The molecular weight excluding hydrogens is 571 g/mol. The number of carbonyl (C=O) groups excluding carboxylic acids is 1. The van der Waals surface area contributed by atoms with Gasteiger partial charge in [-0.3, -0.25) is 20.2 Å². The van der Waals surface area contributed by atoms with Crippen LogP contribution in [0.2, 0.25) is 0 Å². The highest BCUT2D eigenvalue weighted by Crippen LogP contribution is 2.35. The maximum absolute atomic E-state index is 12.3. The van der Waals surface area contributed by atoms with Gasteiger partial charge in [-0.25, -0.2) is 9.78 Å². The van der Waals surface area contributed by atoms with E-state index in [9.17, 15) is 25.0 Å². The van der Waals surface area contributed by atoms with Crippen molar-refractivity contribution in [2.75, 3.05) is 13.2 Å². The number of nitro groups is 2. The second-order valence-corrected chi connectivity index (χ2v) is 11.9. The molecule has 0 aliphatic rings. The third-order valence-corrected chi connectivity index (χ3v) is 9.25. The fraction of sp³-hybridized carbons (Fsp3) is 0.250. The van der Waals surface area contributed by atoms with Gasteiger partial charge in [-0.1, -0.05) is 51.9 Å². The molecule has 2 aromatic carbocycles. The Labute approximate surface area is 235 Å². The van der Waals surface area contributed by atoms with E-state index in [2.05, 4.69) is 16.6 Å². The standard InChI is InChI=1S/C24H23N3O7S4/c28-24(33-15-21(36-35)13-17-4-8-19(9-5-17)26(29)30)34-16-22(37-38-23-3-1-2-12-25-23)14-18-6-10-20(11-7-18)27(31)32/h1-12,21-22,35H,13-16H2. The van der Waals surface area contributed by atoms with Crippen LogP contribution >= 0.6 is 44.0 Å². The highest BCUT2D eigenvalue weighted by Gasteiger charge is 2.19. The first-order valence-electron chi connectivity index (χ1n) is 11.1. The highest BCUT2D eigenvalue weighted by molar-refractivity contribution is 8.76. The summed E-state index contributed by atoms with van der Waals surface area (Å²) in [4.78, 5) is 37.4. The Balaban J connectivity index is 1.52. The van der Waals surface area contributed by atoms with E-state index in [1.165, 1.54) is 56.6 Å². The van der Waals surface area contributed by atoms with Gasteiger partial charge in [0.2, 0.25) is 0 Å². The van der Waals surface area contributed by atoms with Gasteiger partial charge in [-0.15, -0.1) is 11.7 Å². The molecule has 0 N–H and O–H groups in total. The van der Waals surface area contributed by atoms with Crippen molar-refractivity contribution in [1.29, 1.82) is 0 Å². The number of aromatic nitrogens is 1. The molecule has 14 heteroatoms. The number of ether oxygens (including phenoxy) is 2.